The number of methoxy groups -OCH3 is 1. The summed E-state index contributed by atoms with van der Waals surface area (Å²) >= 11 is 0. The number of rotatable bonds is 7. The average Bonchev–Trinajstić information content (AvgIpc) is 3.47. The van der Waals surface area contributed by atoms with Crippen molar-refractivity contribution in [2.75, 3.05) is 24.7 Å². The fourth-order valence-electron chi connectivity index (χ4n) is 2.89. The van der Waals surface area contributed by atoms with Crippen LogP contribution in [0.5, 0.6) is 5.75 Å². The molecule has 3 aromatic rings. The van der Waals surface area contributed by atoms with Crippen molar-refractivity contribution in [1.82, 2.24) is 24.7 Å². The number of ether oxygens (including phenoxy) is 1. The summed E-state index contributed by atoms with van der Waals surface area (Å²) in [4.78, 5) is 13.0. The smallest absolute Gasteiger partial charge is 0.223 e. The lowest BCUT2D eigenvalue weighted by atomic mass is 10.1. The van der Waals surface area contributed by atoms with Crippen LogP contribution in [0.15, 0.2) is 30.7 Å². The van der Waals surface area contributed by atoms with E-state index in [9.17, 15) is 0 Å². The Kier molecular flexibility index (Phi) is 4.76. The monoisotopic (exact) mass is 376 g/mol. The van der Waals surface area contributed by atoms with Gasteiger partial charge in [0, 0.05) is 36.3 Å². The van der Waals surface area contributed by atoms with Crippen molar-refractivity contribution in [3.05, 3.63) is 30.7 Å². The van der Waals surface area contributed by atoms with Crippen LogP contribution in [0.3, 0.4) is 0 Å². The molecule has 3 N–H and O–H groups in total. The molecule has 9 heteroatoms. The lowest BCUT2D eigenvalue weighted by Crippen LogP contribution is -2.04. The van der Waals surface area contributed by atoms with E-state index in [0.29, 0.717) is 36.5 Å². The van der Waals surface area contributed by atoms with E-state index in [4.69, 9.17) is 20.8 Å². The Balaban J connectivity index is 1.75. The third kappa shape index (κ3) is 3.57. The zero-order valence-electron chi connectivity index (χ0n) is 15.5. The summed E-state index contributed by atoms with van der Waals surface area (Å²) in [6, 6.07) is 6.19. The molecule has 1 aliphatic carbocycles. The lowest BCUT2D eigenvalue weighted by molar-refractivity contribution is 0.415. The Morgan fingerprint density at radius 2 is 2.25 bits per heavy atom. The fraction of sp³-hybridized carbons (Fsp3) is 0.316. The minimum atomic E-state index is 0.334. The van der Waals surface area contributed by atoms with Gasteiger partial charge in [-0.15, -0.1) is 0 Å². The predicted molar refractivity (Wildman–Crippen MR) is 104 cm³/mol. The van der Waals surface area contributed by atoms with Gasteiger partial charge in [0.1, 0.15) is 5.69 Å². The van der Waals surface area contributed by atoms with E-state index in [-0.39, 0.29) is 0 Å². The quantitative estimate of drug-likeness (QED) is 0.602. The van der Waals surface area contributed by atoms with Gasteiger partial charge in [-0.25, -0.2) is 15.0 Å². The molecule has 0 atom stereocenters. The van der Waals surface area contributed by atoms with Crippen molar-refractivity contribution < 1.29 is 4.74 Å². The summed E-state index contributed by atoms with van der Waals surface area (Å²) in [5, 5.41) is 16.5. The number of hydrogen-bond acceptors (Lipinski definition) is 8. The average molecular weight is 376 g/mol. The third-order valence-electron chi connectivity index (χ3n) is 4.48. The van der Waals surface area contributed by atoms with E-state index in [0.717, 1.165) is 35.4 Å². The summed E-state index contributed by atoms with van der Waals surface area (Å²) in [6.45, 7) is 0.493. The highest BCUT2D eigenvalue weighted by Crippen LogP contribution is 2.39. The lowest BCUT2D eigenvalue weighted by Gasteiger charge is -2.07. The minimum absolute atomic E-state index is 0.334. The first-order valence-corrected chi connectivity index (χ1v) is 9.03. The molecule has 3 heterocycles. The Morgan fingerprint density at radius 3 is 3.00 bits per heavy atom. The zero-order valence-corrected chi connectivity index (χ0v) is 15.5. The number of nitriles is 1. The third-order valence-corrected chi connectivity index (χ3v) is 4.48. The first kappa shape index (κ1) is 17.7. The van der Waals surface area contributed by atoms with Gasteiger partial charge in [-0.3, -0.25) is 4.68 Å². The topological polar surface area (TPSA) is 128 Å². The van der Waals surface area contributed by atoms with Gasteiger partial charge in [0.25, 0.3) is 0 Å². The van der Waals surface area contributed by atoms with Crippen molar-refractivity contribution in [3.8, 4) is 34.3 Å². The molecule has 0 radical (unpaired) electrons. The normalized spacial score (nSPS) is 13.1. The fourth-order valence-corrected chi connectivity index (χ4v) is 2.89. The van der Waals surface area contributed by atoms with Crippen LogP contribution in [-0.2, 0) is 0 Å². The second-order valence-electron chi connectivity index (χ2n) is 6.51. The summed E-state index contributed by atoms with van der Waals surface area (Å²) in [7, 11) is 1.56. The Morgan fingerprint density at radius 1 is 1.39 bits per heavy atom. The first-order valence-electron chi connectivity index (χ1n) is 9.03. The van der Waals surface area contributed by atoms with Crippen molar-refractivity contribution in [1.29, 1.82) is 5.26 Å². The van der Waals surface area contributed by atoms with Gasteiger partial charge in [-0.1, -0.05) is 0 Å². The Labute approximate surface area is 162 Å². The van der Waals surface area contributed by atoms with Gasteiger partial charge in [-0.2, -0.15) is 10.4 Å². The van der Waals surface area contributed by atoms with E-state index in [1.807, 2.05) is 23.0 Å². The highest BCUT2D eigenvalue weighted by Gasteiger charge is 2.27. The molecule has 0 bridgehead atoms. The Hall–Kier alpha value is -3.67. The van der Waals surface area contributed by atoms with Crippen molar-refractivity contribution in [2.45, 2.75) is 25.3 Å². The molecule has 1 saturated carbocycles. The van der Waals surface area contributed by atoms with Crippen molar-refractivity contribution >= 4 is 11.8 Å². The van der Waals surface area contributed by atoms with Crippen LogP contribution >= 0.6 is 0 Å². The highest BCUT2D eigenvalue weighted by molar-refractivity contribution is 5.79. The summed E-state index contributed by atoms with van der Waals surface area (Å²) in [5.41, 5.74) is 9.05. The van der Waals surface area contributed by atoms with Crippen molar-refractivity contribution in [3.63, 3.8) is 0 Å². The van der Waals surface area contributed by atoms with Crippen LogP contribution < -0.4 is 15.8 Å². The predicted octanol–water partition coefficient (Wildman–Crippen LogP) is 2.65. The molecule has 0 aromatic carbocycles. The van der Waals surface area contributed by atoms with E-state index < -0.39 is 0 Å². The number of anilines is 2. The van der Waals surface area contributed by atoms with Crippen LogP contribution in [0.1, 0.15) is 25.3 Å². The van der Waals surface area contributed by atoms with E-state index in [1.165, 1.54) is 0 Å². The Bertz CT molecular complexity index is 1030. The van der Waals surface area contributed by atoms with Crippen LogP contribution in [0, 0.1) is 11.3 Å². The van der Waals surface area contributed by atoms with Crippen LogP contribution in [0.25, 0.3) is 22.5 Å². The molecule has 4 rings (SSSR count). The van der Waals surface area contributed by atoms with Crippen molar-refractivity contribution in [2.24, 2.45) is 0 Å². The number of nitrogen functional groups attached to an aromatic ring is 1. The molecule has 0 spiro atoms. The number of nitrogens with two attached hydrogens (primary N) is 1. The number of nitrogens with one attached hydrogen (secondary N) is 1. The second kappa shape index (κ2) is 7.52. The molecule has 0 amide bonds. The SMILES string of the molecule is COc1cc(-c2nn(C3CC3)cc2-c2ccnc(NCCC#N)n2)cnc1N. The van der Waals surface area contributed by atoms with Gasteiger partial charge in [0.15, 0.2) is 11.6 Å². The first-order chi connectivity index (χ1) is 13.7. The van der Waals surface area contributed by atoms with E-state index in [1.54, 1.807) is 19.5 Å². The van der Waals surface area contributed by atoms with Gasteiger partial charge in [0.2, 0.25) is 5.95 Å². The molecular weight excluding hydrogens is 356 g/mol. The van der Waals surface area contributed by atoms with E-state index in [2.05, 4.69) is 26.3 Å². The molecule has 9 nitrogen and oxygen atoms in total. The molecule has 0 saturated heterocycles. The largest absolute Gasteiger partial charge is 0.493 e. The maximum absolute atomic E-state index is 8.70. The van der Waals surface area contributed by atoms with Crippen LogP contribution in [0.4, 0.5) is 11.8 Å². The molecule has 1 fully saturated rings. The molecule has 28 heavy (non-hydrogen) atoms. The van der Waals surface area contributed by atoms with E-state index >= 15 is 0 Å². The standard InChI is InChI=1S/C19H20N8O/c1-28-16-9-12(10-24-18(16)21)17-14(11-27(26-17)13-3-4-13)15-5-8-23-19(25-15)22-7-2-6-20/h5,8-11,13H,2-4,7H2,1H3,(H2,21,24)(H,22,23,25). The molecule has 1 aliphatic rings. The summed E-state index contributed by atoms with van der Waals surface area (Å²) in [5.74, 6) is 1.32. The number of pyridine rings is 1. The van der Waals surface area contributed by atoms with Gasteiger partial charge >= 0.3 is 0 Å². The van der Waals surface area contributed by atoms with Gasteiger partial charge in [-0.05, 0) is 25.0 Å². The molecular formula is C19H20N8O. The van der Waals surface area contributed by atoms with Gasteiger partial charge < -0.3 is 15.8 Å². The zero-order chi connectivity index (χ0) is 19.5. The molecule has 142 valence electrons. The summed E-state index contributed by atoms with van der Waals surface area (Å²) in [6.07, 6.45) is 8.01. The minimum Gasteiger partial charge on any atom is -0.493 e. The molecule has 0 unspecified atom stereocenters. The summed E-state index contributed by atoms with van der Waals surface area (Å²) < 4.78 is 7.29. The maximum Gasteiger partial charge on any atom is 0.223 e. The van der Waals surface area contributed by atoms with Crippen LogP contribution in [-0.4, -0.2) is 38.4 Å². The molecule has 0 aliphatic heterocycles. The second-order valence-corrected chi connectivity index (χ2v) is 6.51. The number of aromatic nitrogens is 5. The molecule has 3 aromatic heterocycles. The van der Waals surface area contributed by atoms with Gasteiger partial charge in [0.05, 0.1) is 31.3 Å². The number of hydrogen-bond donors (Lipinski definition) is 2. The van der Waals surface area contributed by atoms with Crippen LogP contribution in [0.2, 0.25) is 0 Å². The maximum atomic E-state index is 8.70. The highest BCUT2D eigenvalue weighted by atomic mass is 16.5. The number of nitrogens with zero attached hydrogens (tertiary/aromatic N) is 6.